The summed E-state index contributed by atoms with van der Waals surface area (Å²) in [5.41, 5.74) is -0.0247. The first-order chi connectivity index (χ1) is 15.2. The summed E-state index contributed by atoms with van der Waals surface area (Å²) in [6.45, 7) is 10.1. The monoisotopic (exact) mass is 454 g/mol. The normalized spacial score (nSPS) is 11.4. The molecular formula is C23H38N2O7. The first-order valence-electron chi connectivity index (χ1n) is 10.9. The Morgan fingerprint density at radius 2 is 1.72 bits per heavy atom. The Kier molecular flexibility index (Phi) is 19.7. The van der Waals surface area contributed by atoms with Crippen LogP contribution in [-0.2, 0) is 19.1 Å². The number of non-ortho nitro benzene ring substituents is 1. The van der Waals surface area contributed by atoms with Gasteiger partial charge in [-0.1, -0.05) is 34.1 Å². The van der Waals surface area contributed by atoms with Crippen LogP contribution in [0.4, 0.5) is 5.69 Å². The molecule has 0 saturated heterocycles. The summed E-state index contributed by atoms with van der Waals surface area (Å²) in [5, 5.41) is 13.6. The Balaban J connectivity index is 0. The maximum atomic E-state index is 11.4. The Morgan fingerprint density at radius 3 is 2.06 bits per heavy atom. The first kappa shape index (κ1) is 31.4. The van der Waals surface area contributed by atoms with Crippen LogP contribution in [0, 0.1) is 16.0 Å². The minimum Gasteiger partial charge on any atom is -0.466 e. The number of nitro groups is 1. The minimum absolute atomic E-state index is 0.0247. The zero-order chi connectivity index (χ0) is 24.9. The van der Waals surface area contributed by atoms with E-state index in [9.17, 15) is 24.5 Å². The van der Waals surface area contributed by atoms with Gasteiger partial charge in [0.2, 0.25) is 0 Å². The molecule has 1 aromatic carbocycles. The molecule has 9 nitrogen and oxygen atoms in total. The van der Waals surface area contributed by atoms with Gasteiger partial charge in [0.1, 0.15) is 18.5 Å². The predicted octanol–water partition coefficient (Wildman–Crippen LogP) is 4.47. The van der Waals surface area contributed by atoms with Gasteiger partial charge in [-0.3, -0.25) is 19.7 Å². The van der Waals surface area contributed by atoms with Crippen molar-refractivity contribution in [3.05, 3.63) is 34.4 Å². The van der Waals surface area contributed by atoms with Gasteiger partial charge < -0.3 is 19.6 Å². The fourth-order valence-corrected chi connectivity index (χ4v) is 2.21. The van der Waals surface area contributed by atoms with Crippen LogP contribution in [0.5, 0.6) is 5.75 Å². The third kappa shape index (κ3) is 16.0. The van der Waals surface area contributed by atoms with Crippen LogP contribution >= 0.6 is 0 Å². The topological polar surface area (TPSA) is 125 Å². The second-order valence-corrected chi connectivity index (χ2v) is 6.84. The van der Waals surface area contributed by atoms with Crippen molar-refractivity contribution >= 4 is 23.9 Å². The van der Waals surface area contributed by atoms with Gasteiger partial charge in [0.05, 0.1) is 17.4 Å². The fraction of sp³-hybridized carbons (Fsp3) is 0.609. The van der Waals surface area contributed by atoms with Gasteiger partial charge in [0.25, 0.3) is 5.69 Å². The average molecular weight is 455 g/mol. The molecule has 0 aliphatic carbocycles. The summed E-state index contributed by atoms with van der Waals surface area (Å²) >= 11 is 0. The van der Waals surface area contributed by atoms with Crippen LogP contribution in [0.1, 0.15) is 66.7 Å². The van der Waals surface area contributed by atoms with Crippen LogP contribution in [0.2, 0.25) is 0 Å². The van der Waals surface area contributed by atoms with E-state index in [1.54, 1.807) is 13.8 Å². The van der Waals surface area contributed by atoms with Gasteiger partial charge in [-0.15, -0.1) is 0 Å². The summed E-state index contributed by atoms with van der Waals surface area (Å²) in [6, 6.07) is 6.19. The van der Waals surface area contributed by atoms with Crippen LogP contribution in [-0.4, -0.2) is 42.8 Å². The summed E-state index contributed by atoms with van der Waals surface area (Å²) in [7, 11) is 2.03. The number of hydrogen-bond acceptors (Lipinski definition) is 8. The number of aldehydes is 1. The number of nitro benzene ring substituents is 1. The van der Waals surface area contributed by atoms with Gasteiger partial charge in [0, 0.05) is 18.2 Å². The van der Waals surface area contributed by atoms with Crippen molar-refractivity contribution in [2.45, 2.75) is 72.8 Å². The van der Waals surface area contributed by atoms with E-state index in [1.165, 1.54) is 43.5 Å². The number of carbonyl (C=O) groups is 3. The van der Waals surface area contributed by atoms with Crippen molar-refractivity contribution in [1.82, 2.24) is 5.32 Å². The molecule has 0 radical (unpaired) electrons. The number of carbonyl (C=O) groups excluding carboxylic acids is 3. The molecule has 32 heavy (non-hydrogen) atoms. The number of rotatable bonds is 11. The van der Waals surface area contributed by atoms with Gasteiger partial charge in [0.15, 0.2) is 0 Å². The van der Waals surface area contributed by atoms with Crippen molar-refractivity contribution in [3.63, 3.8) is 0 Å². The highest BCUT2D eigenvalue weighted by Crippen LogP contribution is 2.18. The van der Waals surface area contributed by atoms with Crippen LogP contribution in [0.15, 0.2) is 24.3 Å². The molecule has 0 saturated carbocycles. The standard InChI is InChI=1S/C11H13NO4.C7H17N.C5H8O3/c1-3-8(2)11(13)16-10-6-4-9(5-7-10)12(14)15;1-4-6-7(5-2)8-3;1-2-8-5(7)3-4-6/h4-8H,3H2,1-2H3;7-8H,4-6H2,1-3H3;4H,2-3H2,1H3. The van der Waals surface area contributed by atoms with Crippen molar-refractivity contribution in [2.75, 3.05) is 13.7 Å². The molecule has 0 bridgehead atoms. The second-order valence-electron chi connectivity index (χ2n) is 6.84. The molecular weight excluding hydrogens is 416 g/mol. The van der Waals surface area contributed by atoms with E-state index in [-0.39, 0.29) is 24.0 Å². The lowest BCUT2D eigenvalue weighted by molar-refractivity contribution is -0.384. The molecule has 0 aliphatic rings. The Morgan fingerprint density at radius 1 is 1.12 bits per heavy atom. The van der Waals surface area contributed by atoms with E-state index in [2.05, 4.69) is 23.9 Å². The third-order valence-corrected chi connectivity index (χ3v) is 4.37. The van der Waals surface area contributed by atoms with Crippen LogP contribution < -0.4 is 10.1 Å². The predicted molar refractivity (Wildman–Crippen MR) is 124 cm³/mol. The molecule has 2 unspecified atom stereocenters. The fourth-order valence-electron chi connectivity index (χ4n) is 2.21. The van der Waals surface area contributed by atoms with Gasteiger partial charge in [-0.05, 0) is 45.4 Å². The zero-order valence-electron chi connectivity index (χ0n) is 20.1. The molecule has 9 heteroatoms. The minimum atomic E-state index is -0.500. The molecule has 0 aliphatic heterocycles. The number of hydrogen-bond donors (Lipinski definition) is 1. The number of nitrogens with zero attached hydrogens (tertiary/aromatic N) is 1. The molecule has 0 aromatic heterocycles. The molecule has 0 amide bonds. The smallest absolute Gasteiger partial charge is 0.314 e. The lowest BCUT2D eigenvalue weighted by Gasteiger charge is -2.10. The maximum absolute atomic E-state index is 11.4. The van der Waals surface area contributed by atoms with E-state index in [0.29, 0.717) is 25.1 Å². The SMILES string of the molecule is CCC(C)C(=O)Oc1ccc([N+](=O)[O-])cc1.CCCC(CC)NC.CCOC(=O)CC=O. The van der Waals surface area contributed by atoms with Crippen molar-refractivity contribution in [2.24, 2.45) is 5.92 Å². The molecule has 1 aromatic rings. The van der Waals surface area contributed by atoms with E-state index in [0.717, 1.165) is 6.04 Å². The number of benzene rings is 1. The number of ether oxygens (including phenoxy) is 2. The zero-order valence-corrected chi connectivity index (χ0v) is 20.1. The summed E-state index contributed by atoms with van der Waals surface area (Å²) in [4.78, 5) is 41.1. The summed E-state index contributed by atoms with van der Waals surface area (Å²) in [5.74, 6) is -0.620. The van der Waals surface area contributed by atoms with E-state index < -0.39 is 10.9 Å². The Labute approximate surface area is 191 Å². The largest absolute Gasteiger partial charge is 0.466 e. The number of nitrogens with one attached hydrogen (secondary N) is 1. The summed E-state index contributed by atoms with van der Waals surface area (Å²) < 4.78 is 9.45. The highest BCUT2D eigenvalue weighted by molar-refractivity contribution is 5.83. The van der Waals surface area contributed by atoms with Gasteiger partial charge >= 0.3 is 11.9 Å². The summed E-state index contributed by atoms with van der Waals surface area (Å²) in [6.07, 6.45) is 4.95. The van der Waals surface area contributed by atoms with E-state index in [4.69, 9.17) is 4.74 Å². The lowest BCUT2D eigenvalue weighted by Crippen LogP contribution is -2.23. The number of esters is 2. The molecule has 1 N–H and O–H groups in total. The molecule has 0 heterocycles. The van der Waals surface area contributed by atoms with E-state index in [1.807, 2.05) is 14.0 Å². The average Bonchev–Trinajstić information content (AvgIpc) is 2.78. The third-order valence-electron chi connectivity index (χ3n) is 4.37. The quantitative estimate of drug-likeness (QED) is 0.130. The maximum Gasteiger partial charge on any atom is 0.314 e. The molecule has 0 spiro atoms. The van der Waals surface area contributed by atoms with Crippen LogP contribution in [0.3, 0.4) is 0 Å². The first-order valence-corrected chi connectivity index (χ1v) is 10.9. The Bertz CT molecular complexity index is 659. The van der Waals surface area contributed by atoms with Crippen molar-refractivity contribution < 1.29 is 28.8 Å². The van der Waals surface area contributed by atoms with Crippen molar-refractivity contribution in [1.29, 1.82) is 0 Å². The molecule has 182 valence electrons. The van der Waals surface area contributed by atoms with E-state index >= 15 is 0 Å². The van der Waals surface area contributed by atoms with Gasteiger partial charge in [-0.25, -0.2) is 0 Å². The van der Waals surface area contributed by atoms with Crippen LogP contribution in [0.25, 0.3) is 0 Å². The molecule has 0 fully saturated rings. The molecule has 1 rings (SSSR count). The highest BCUT2D eigenvalue weighted by Gasteiger charge is 2.13. The molecule has 2 atom stereocenters. The highest BCUT2D eigenvalue weighted by atomic mass is 16.6. The van der Waals surface area contributed by atoms with Crippen molar-refractivity contribution in [3.8, 4) is 5.75 Å². The van der Waals surface area contributed by atoms with Gasteiger partial charge in [-0.2, -0.15) is 0 Å². The Hall–Kier alpha value is -2.81. The lowest BCUT2D eigenvalue weighted by atomic mass is 10.1. The second kappa shape index (κ2) is 20.1.